The highest BCUT2D eigenvalue weighted by Gasteiger charge is 2.45. The summed E-state index contributed by atoms with van der Waals surface area (Å²) in [6, 6.07) is 21.1. The van der Waals surface area contributed by atoms with E-state index in [0.29, 0.717) is 97.6 Å². The van der Waals surface area contributed by atoms with Crippen molar-refractivity contribution in [1.29, 1.82) is 0 Å². The Labute approximate surface area is 379 Å². The molecule has 6 amide bonds. The molecule has 4 aliphatic heterocycles. The second-order valence-electron chi connectivity index (χ2n) is 16.4. The molecule has 6 heterocycles. The van der Waals surface area contributed by atoms with Crippen LogP contribution in [-0.2, 0) is 19.2 Å². The number of aromatic nitrogens is 4. The number of anilines is 1. The minimum atomic E-state index is -1.02. The number of para-hydroxylation sites is 1. The summed E-state index contributed by atoms with van der Waals surface area (Å²) in [5, 5.41) is 7.91. The van der Waals surface area contributed by atoms with Gasteiger partial charge in [0, 0.05) is 75.2 Å². The van der Waals surface area contributed by atoms with Gasteiger partial charge in [-0.15, -0.1) is 11.8 Å². The molecule has 3 saturated heterocycles. The topological polar surface area (TPSA) is 206 Å². The molecule has 2 atom stereocenters. The van der Waals surface area contributed by atoms with E-state index in [1.807, 2.05) is 75.2 Å². The number of nitrogens with one attached hydrogen (secondary N) is 1. The number of carbonyl (C=O) groups is 6. The summed E-state index contributed by atoms with van der Waals surface area (Å²) in [6.07, 6.45) is 7.68. The molecule has 3 N–H and O–H groups in total. The van der Waals surface area contributed by atoms with Crippen LogP contribution in [0.25, 0.3) is 22.3 Å². The van der Waals surface area contributed by atoms with Gasteiger partial charge < -0.3 is 20.3 Å². The molecule has 0 radical (unpaired) electrons. The summed E-state index contributed by atoms with van der Waals surface area (Å²) >= 11 is 1.40. The van der Waals surface area contributed by atoms with Gasteiger partial charge in [0.05, 0.1) is 22.6 Å². The Bertz CT molecular complexity index is 2680. The van der Waals surface area contributed by atoms with Crippen molar-refractivity contribution in [3.8, 4) is 22.8 Å². The Hall–Kier alpha value is -6.92. The lowest BCUT2D eigenvalue weighted by Gasteiger charge is -2.34. The van der Waals surface area contributed by atoms with Crippen molar-refractivity contribution in [3.05, 3.63) is 102 Å². The predicted octanol–water partition coefficient (Wildman–Crippen LogP) is 4.71. The minimum absolute atomic E-state index is 0.0556. The largest absolute Gasteiger partial charge is 0.457 e. The molecule has 334 valence electrons. The molecule has 0 spiro atoms. The number of rotatable bonds is 13. The molecular weight excluding hydrogens is 849 g/mol. The summed E-state index contributed by atoms with van der Waals surface area (Å²) in [4.78, 5) is 93.7. The number of hydrogen-bond acceptors (Lipinski definition) is 13. The number of nitrogens with zero attached hydrogens (tertiary/aromatic N) is 8. The average molecular weight is 897 g/mol. The van der Waals surface area contributed by atoms with Crippen LogP contribution in [0.5, 0.6) is 11.5 Å². The number of thioether (sulfide) groups is 1. The van der Waals surface area contributed by atoms with Gasteiger partial charge in [0.2, 0.25) is 23.6 Å². The number of likely N-dealkylation sites (tertiary alicyclic amines) is 1. The van der Waals surface area contributed by atoms with E-state index in [2.05, 4.69) is 20.2 Å². The van der Waals surface area contributed by atoms with E-state index < -0.39 is 29.7 Å². The van der Waals surface area contributed by atoms with Crippen LogP contribution in [0.3, 0.4) is 0 Å². The molecule has 2 aromatic heterocycles. The summed E-state index contributed by atoms with van der Waals surface area (Å²) in [5.74, 6) is 0.170. The predicted molar refractivity (Wildman–Crippen MR) is 242 cm³/mol. The molecule has 0 saturated carbocycles. The van der Waals surface area contributed by atoms with E-state index >= 15 is 0 Å². The zero-order valence-electron chi connectivity index (χ0n) is 35.6. The fourth-order valence-corrected chi connectivity index (χ4v) is 9.89. The second-order valence-corrected chi connectivity index (χ2v) is 17.6. The van der Waals surface area contributed by atoms with E-state index in [0.717, 1.165) is 29.1 Å². The second kappa shape index (κ2) is 19.0. The lowest BCUT2D eigenvalue weighted by molar-refractivity contribution is -0.136. The number of piperazine rings is 1. The zero-order chi connectivity index (χ0) is 45.0. The maximum absolute atomic E-state index is 13.5. The number of ether oxygens (including phenoxy) is 1. The molecule has 9 rings (SSSR count). The van der Waals surface area contributed by atoms with Crippen molar-refractivity contribution >= 4 is 64.1 Å². The van der Waals surface area contributed by atoms with Crippen molar-refractivity contribution in [1.82, 2.24) is 44.7 Å². The maximum atomic E-state index is 13.5. The van der Waals surface area contributed by atoms with Crippen molar-refractivity contribution in [2.75, 3.05) is 57.3 Å². The summed E-state index contributed by atoms with van der Waals surface area (Å²) in [6.45, 7) is 4.23. The number of imide groups is 2. The van der Waals surface area contributed by atoms with Gasteiger partial charge >= 0.3 is 0 Å². The number of fused-ring (bicyclic) bond motifs is 2. The normalized spacial score (nSPS) is 19.3. The first-order chi connectivity index (χ1) is 31.6. The van der Waals surface area contributed by atoms with E-state index in [-0.39, 0.29) is 41.8 Å². The van der Waals surface area contributed by atoms with E-state index in [1.54, 1.807) is 24.3 Å². The summed E-state index contributed by atoms with van der Waals surface area (Å²) in [5.41, 5.74) is 9.05. The number of piperidine rings is 2. The first kappa shape index (κ1) is 43.3. The number of benzene rings is 3. The van der Waals surface area contributed by atoms with E-state index in [1.165, 1.54) is 18.1 Å². The number of carbonyl (C=O) groups excluding carboxylic acids is 6. The third kappa shape index (κ3) is 9.22. The van der Waals surface area contributed by atoms with Gasteiger partial charge in [-0.2, -0.15) is 5.10 Å². The molecule has 5 aromatic rings. The van der Waals surface area contributed by atoms with Crippen molar-refractivity contribution in [3.63, 3.8) is 0 Å². The van der Waals surface area contributed by atoms with Crippen LogP contribution in [0.2, 0.25) is 0 Å². The van der Waals surface area contributed by atoms with Gasteiger partial charge in [-0.05, 0) is 80.0 Å². The lowest BCUT2D eigenvalue weighted by atomic mass is 10.0. The SMILES string of the molecule is Nc1ncnc2c1c(-c1ccc(Oc3ccccc3)cc1)nn2[C@@H]1CCCN(C(=O)/C=C/CN2CCN(C(=O)CCCSc3cccc4c3C(=O)N(C3CCC(=O)NC3=O)C4=O)CC2)C1. The van der Waals surface area contributed by atoms with Crippen molar-refractivity contribution in [2.24, 2.45) is 0 Å². The molecule has 18 heteroatoms. The van der Waals surface area contributed by atoms with Crippen LogP contribution in [0.4, 0.5) is 5.82 Å². The van der Waals surface area contributed by atoms with Gasteiger partial charge in [0.1, 0.15) is 35.4 Å². The molecule has 0 bridgehead atoms. The van der Waals surface area contributed by atoms with Crippen LogP contribution in [0, 0.1) is 0 Å². The van der Waals surface area contributed by atoms with Gasteiger partial charge in [-0.1, -0.05) is 30.3 Å². The molecule has 1 unspecified atom stereocenters. The van der Waals surface area contributed by atoms with Crippen LogP contribution in [0.1, 0.15) is 65.3 Å². The van der Waals surface area contributed by atoms with Crippen molar-refractivity contribution in [2.45, 2.75) is 55.5 Å². The fourth-order valence-electron chi connectivity index (χ4n) is 8.87. The maximum Gasteiger partial charge on any atom is 0.263 e. The Morgan fingerprint density at radius 2 is 1.65 bits per heavy atom. The van der Waals surface area contributed by atoms with Crippen molar-refractivity contribution < 1.29 is 33.5 Å². The van der Waals surface area contributed by atoms with Crippen LogP contribution < -0.4 is 15.8 Å². The number of nitrogens with two attached hydrogens (primary N) is 1. The van der Waals surface area contributed by atoms with Crippen LogP contribution >= 0.6 is 11.8 Å². The lowest BCUT2D eigenvalue weighted by Crippen LogP contribution is -2.54. The van der Waals surface area contributed by atoms with Gasteiger partial charge in [-0.25, -0.2) is 14.6 Å². The summed E-state index contributed by atoms with van der Waals surface area (Å²) < 4.78 is 7.87. The third-order valence-electron chi connectivity index (χ3n) is 12.3. The molecule has 4 aliphatic rings. The standard InChI is InChI=1S/C47H48N10O7S/c48-43-41-42(30-15-17-33(18-16-30)64-32-9-2-1-3-10-32)52-57(44(41)50-29-49-43)31-8-5-22-55(28-31)39(60)13-6-21-53-23-25-54(26-24-53)38(59)14-7-27-65-36-12-4-11-34-40(36)47(63)56(46(34)62)35-19-20-37(58)51-45(35)61/h1-4,6,9-13,15-18,29,31,35H,5,7-8,14,19-28H2,(H2,48,49,50)(H,51,58,61)/b13-6+/t31-,35?/m1/s1. The third-order valence-corrected chi connectivity index (χ3v) is 13.4. The molecule has 65 heavy (non-hydrogen) atoms. The van der Waals surface area contributed by atoms with E-state index in [4.69, 9.17) is 15.6 Å². The fraction of sp³-hybridized carbons (Fsp3) is 0.340. The minimum Gasteiger partial charge on any atom is -0.457 e. The van der Waals surface area contributed by atoms with Gasteiger partial charge in [-0.3, -0.25) is 43.9 Å². The molecule has 3 fully saturated rings. The quantitative estimate of drug-likeness (QED) is 0.0712. The monoisotopic (exact) mass is 896 g/mol. The first-order valence-corrected chi connectivity index (χ1v) is 22.9. The molecular formula is C47H48N10O7S. The number of hydrogen-bond donors (Lipinski definition) is 2. The Balaban J connectivity index is 0.733. The zero-order valence-corrected chi connectivity index (χ0v) is 36.5. The van der Waals surface area contributed by atoms with Crippen LogP contribution in [-0.4, -0.2) is 132 Å². The van der Waals surface area contributed by atoms with Crippen LogP contribution in [0.15, 0.2) is 96.2 Å². The average Bonchev–Trinajstić information content (AvgIpc) is 3.84. The number of nitrogen functional groups attached to an aromatic ring is 1. The Morgan fingerprint density at radius 3 is 2.43 bits per heavy atom. The first-order valence-electron chi connectivity index (χ1n) is 21.9. The Morgan fingerprint density at radius 1 is 0.862 bits per heavy atom. The highest BCUT2D eigenvalue weighted by Crippen LogP contribution is 2.37. The molecule has 3 aromatic carbocycles. The Kier molecular flexibility index (Phi) is 12.7. The molecule has 0 aliphatic carbocycles. The number of amides is 6. The van der Waals surface area contributed by atoms with Gasteiger partial charge in [0.15, 0.2) is 5.65 Å². The summed E-state index contributed by atoms with van der Waals surface area (Å²) in [7, 11) is 0. The highest BCUT2D eigenvalue weighted by molar-refractivity contribution is 7.99. The van der Waals surface area contributed by atoms with Gasteiger partial charge in [0.25, 0.3) is 11.8 Å². The van der Waals surface area contributed by atoms with E-state index in [9.17, 15) is 28.8 Å². The smallest absolute Gasteiger partial charge is 0.263 e. The highest BCUT2D eigenvalue weighted by atomic mass is 32.2. The molecule has 17 nitrogen and oxygen atoms in total.